The molecule has 0 bridgehead atoms. The van der Waals surface area contributed by atoms with Crippen LogP contribution in [0.15, 0.2) is 18.3 Å². The van der Waals surface area contributed by atoms with Gasteiger partial charge in [-0.05, 0) is 38.3 Å². The van der Waals surface area contributed by atoms with E-state index in [9.17, 15) is 5.11 Å². The first kappa shape index (κ1) is 19.3. The van der Waals surface area contributed by atoms with Gasteiger partial charge in [-0.1, -0.05) is 19.9 Å². The summed E-state index contributed by atoms with van der Waals surface area (Å²) >= 11 is 0. The second-order valence-electron chi connectivity index (χ2n) is 7.47. The highest BCUT2D eigenvalue weighted by Gasteiger charge is 2.25. The summed E-state index contributed by atoms with van der Waals surface area (Å²) in [5.74, 6) is 0.411. The van der Waals surface area contributed by atoms with Gasteiger partial charge in [0.1, 0.15) is 0 Å². The molecule has 2 rings (SSSR count). The Morgan fingerprint density at radius 3 is 2.58 bits per heavy atom. The number of morpholine rings is 1. The van der Waals surface area contributed by atoms with Gasteiger partial charge in [0.2, 0.25) is 0 Å². The minimum absolute atomic E-state index is 0.156. The third kappa shape index (κ3) is 5.52. The van der Waals surface area contributed by atoms with Gasteiger partial charge in [-0.3, -0.25) is 9.88 Å². The van der Waals surface area contributed by atoms with Crippen molar-refractivity contribution in [3.05, 3.63) is 29.6 Å². The van der Waals surface area contributed by atoms with Gasteiger partial charge >= 0.3 is 0 Å². The number of aliphatic hydroxyl groups excluding tert-OH is 1. The summed E-state index contributed by atoms with van der Waals surface area (Å²) in [5, 5.41) is 14.0. The van der Waals surface area contributed by atoms with E-state index >= 15 is 0 Å². The topological polar surface area (TPSA) is 57.6 Å². The molecule has 5 nitrogen and oxygen atoms in total. The number of rotatable bonds is 7. The molecule has 1 fully saturated rings. The summed E-state index contributed by atoms with van der Waals surface area (Å²) in [6.07, 6.45) is 1.90. The zero-order valence-electron chi connectivity index (χ0n) is 15.7. The van der Waals surface area contributed by atoms with Gasteiger partial charge in [0.25, 0.3) is 0 Å². The zero-order chi connectivity index (χ0) is 17.7. The summed E-state index contributed by atoms with van der Waals surface area (Å²) in [7, 11) is 0. The van der Waals surface area contributed by atoms with Gasteiger partial charge in [0.15, 0.2) is 0 Å². The third-order valence-corrected chi connectivity index (χ3v) is 4.55. The van der Waals surface area contributed by atoms with Crippen LogP contribution in [0.4, 0.5) is 0 Å². The molecule has 4 atom stereocenters. The Morgan fingerprint density at radius 2 is 2.00 bits per heavy atom. The van der Waals surface area contributed by atoms with Crippen molar-refractivity contribution in [2.45, 2.75) is 59.0 Å². The van der Waals surface area contributed by atoms with E-state index in [-0.39, 0.29) is 18.2 Å². The molecule has 1 aromatic heterocycles. The maximum atomic E-state index is 10.5. The zero-order valence-corrected chi connectivity index (χ0v) is 15.7. The molecule has 1 saturated heterocycles. The van der Waals surface area contributed by atoms with Crippen LogP contribution in [0.1, 0.15) is 45.0 Å². The number of aromatic nitrogens is 1. The fourth-order valence-corrected chi connectivity index (χ4v) is 3.53. The lowest BCUT2D eigenvalue weighted by Gasteiger charge is -2.36. The first-order chi connectivity index (χ1) is 11.4. The maximum Gasteiger partial charge on any atom is 0.0791 e. The predicted octanol–water partition coefficient (Wildman–Crippen LogP) is 2.15. The van der Waals surface area contributed by atoms with Crippen LogP contribution < -0.4 is 5.32 Å². The normalized spacial score (nSPS) is 25.0. The van der Waals surface area contributed by atoms with Gasteiger partial charge in [-0.15, -0.1) is 0 Å². The number of aryl methyl sites for hydroxylation is 1. The summed E-state index contributed by atoms with van der Waals surface area (Å²) < 4.78 is 5.75. The van der Waals surface area contributed by atoms with Gasteiger partial charge in [-0.25, -0.2) is 0 Å². The molecule has 0 amide bonds. The quantitative estimate of drug-likeness (QED) is 0.799. The first-order valence-electron chi connectivity index (χ1n) is 9.07. The average molecular weight is 335 g/mol. The number of ether oxygens (including phenoxy) is 1. The highest BCUT2D eigenvalue weighted by molar-refractivity contribution is 5.21. The molecule has 4 unspecified atom stereocenters. The maximum absolute atomic E-state index is 10.5. The Morgan fingerprint density at radius 1 is 1.33 bits per heavy atom. The van der Waals surface area contributed by atoms with Crippen molar-refractivity contribution in [1.29, 1.82) is 0 Å². The smallest absolute Gasteiger partial charge is 0.0791 e. The molecule has 5 heteroatoms. The van der Waals surface area contributed by atoms with Crippen molar-refractivity contribution in [3.8, 4) is 0 Å². The summed E-state index contributed by atoms with van der Waals surface area (Å²) in [6.45, 7) is 13.6. The Bertz CT molecular complexity index is 499. The third-order valence-electron chi connectivity index (χ3n) is 4.55. The minimum atomic E-state index is -0.396. The number of pyridine rings is 1. The average Bonchev–Trinajstić information content (AvgIpc) is 2.47. The number of nitrogens with one attached hydrogen (secondary N) is 1. The van der Waals surface area contributed by atoms with Crippen molar-refractivity contribution in [3.63, 3.8) is 0 Å². The Balaban J connectivity index is 1.89. The minimum Gasteiger partial charge on any atom is -0.390 e. The Labute approximate surface area is 146 Å². The van der Waals surface area contributed by atoms with E-state index in [1.54, 1.807) is 0 Å². The number of hydrogen-bond acceptors (Lipinski definition) is 5. The molecular formula is C19H33N3O2. The molecule has 0 saturated carbocycles. The van der Waals surface area contributed by atoms with Crippen molar-refractivity contribution in [2.75, 3.05) is 26.2 Å². The van der Waals surface area contributed by atoms with Crippen molar-refractivity contribution < 1.29 is 9.84 Å². The molecule has 24 heavy (non-hydrogen) atoms. The highest BCUT2D eigenvalue weighted by atomic mass is 16.5. The standard InChI is InChI=1S/C19H33N3O2/c1-13(2)18(19-14(3)7-6-8-20-19)21-9-17(23)12-22-10-15(4)24-16(5)11-22/h6-8,13,15-18,21,23H,9-12H2,1-5H3. The fraction of sp³-hybridized carbons (Fsp3) is 0.737. The monoisotopic (exact) mass is 335 g/mol. The lowest BCUT2D eigenvalue weighted by molar-refractivity contribution is -0.0763. The van der Waals surface area contributed by atoms with E-state index in [0.29, 0.717) is 19.0 Å². The summed E-state index contributed by atoms with van der Waals surface area (Å²) in [4.78, 5) is 6.84. The molecule has 0 spiro atoms. The Kier molecular flexibility index (Phi) is 7.16. The van der Waals surface area contributed by atoms with E-state index in [1.807, 2.05) is 12.3 Å². The van der Waals surface area contributed by atoms with Crippen LogP contribution in [-0.2, 0) is 4.74 Å². The summed E-state index contributed by atoms with van der Waals surface area (Å²) in [5.41, 5.74) is 2.27. The highest BCUT2D eigenvalue weighted by Crippen LogP contribution is 2.22. The molecule has 0 aromatic carbocycles. The molecule has 2 N–H and O–H groups in total. The van der Waals surface area contributed by atoms with E-state index in [1.165, 1.54) is 5.56 Å². The molecule has 2 heterocycles. The first-order valence-corrected chi connectivity index (χ1v) is 9.07. The van der Waals surface area contributed by atoms with Gasteiger partial charge in [0.05, 0.1) is 30.0 Å². The van der Waals surface area contributed by atoms with Crippen LogP contribution in [0.3, 0.4) is 0 Å². The fourth-order valence-electron chi connectivity index (χ4n) is 3.53. The van der Waals surface area contributed by atoms with Crippen molar-refractivity contribution in [1.82, 2.24) is 15.2 Å². The molecule has 1 aromatic rings. The van der Waals surface area contributed by atoms with Crippen LogP contribution in [0.25, 0.3) is 0 Å². The van der Waals surface area contributed by atoms with Gasteiger partial charge in [-0.2, -0.15) is 0 Å². The van der Waals surface area contributed by atoms with E-state index < -0.39 is 6.10 Å². The number of β-amino-alcohol motifs (C(OH)–C–C–N with tert-alkyl or cyclic N) is 1. The second kappa shape index (κ2) is 8.90. The van der Waals surface area contributed by atoms with Crippen LogP contribution >= 0.6 is 0 Å². The number of nitrogens with zero attached hydrogens (tertiary/aromatic N) is 2. The van der Waals surface area contributed by atoms with Gasteiger partial charge < -0.3 is 15.2 Å². The number of hydrogen-bond donors (Lipinski definition) is 2. The van der Waals surface area contributed by atoms with Crippen LogP contribution in [0, 0.1) is 12.8 Å². The second-order valence-corrected chi connectivity index (χ2v) is 7.47. The van der Waals surface area contributed by atoms with E-state index in [4.69, 9.17) is 4.74 Å². The van der Waals surface area contributed by atoms with Crippen molar-refractivity contribution >= 4 is 0 Å². The Hall–Kier alpha value is -1.01. The molecule has 136 valence electrons. The molecular weight excluding hydrogens is 302 g/mol. The van der Waals surface area contributed by atoms with E-state index in [0.717, 1.165) is 18.8 Å². The van der Waals surface area contributed by atoms with Crippen LogP contribution in [0.5, 0.6) is 0 Å². The lowest BCUT2D eigenvalue weighted by atomic mass is 9.97. The molecule has 1 aliphatic heterocycles. The number of aliphatic hydroxyl groups is 1. The SMILES string of the molecule is Cc1cccnc1C(NCC(O)CN1CC(C)OC(C)C1)C(C)C. The van der Waals surface area contributed by atoms with Crippen LogP contribution in [-0.4, -0.2) is 59.5 Å². The molecule has 1 aliphatic rings. The van der Waals surface area contributed by atoms with Crippen LogP contribution in [0.2, 0.25) is 0 Å². The van der Waals surface area contributed by atoms with Crippen molar-refractivity contribution in [2.24, 2.45) is 5.92 Å². The van der Waals surface area contributed by atoms with E-state index in [2.05, 4.69) is 55.9 Å². The molecule has 0 radical (unpaired) electrons. The predicted molar refractivity (Wildman–Crippen MR) is 97.0 cm³/mol. The molecule has 0 aliphatic carbocycles. The van der Waals surface area contributed by atoms with Gasteiger partial charge in [0, 0.05) is 32.4 Å². The largest absolute Gasteiger partial charge is 0.390 e. The lowest BCUT2D eigenvalue weighted by Crippen LogP contribution is -2.49. The summed E-state index contributed by atoms with van der Waals surface area (Å²) in [6, 6.07) is 4.21.